The average molecular weight is 160 g/mol. The van der Waals surface area contributed by atoms with Crippen LogP contribution in [-0.4, -0.2) is 22.0 Å². The van der Waals surface area contributed by atoms with E-state index in [2.05, 4.69) is 12.1 Å². The molecule has 0 spiro atoms. The summed E-state index contributed by atoms with van der Waals surface area (Å²) in [5, 5.41) is 0. The van der Waals surface area contributed by atoms with Gasteiger partial charge in [-0.1, -0.05) is 0 Å². The van der Waals surface area contributed by atoms with Crippen LogP contribution in [0.1, 0.15) is 0 Å². The second-order valence-electron chi connectivity index (χ2n) is 0.996. The largest absolute Gasteiger partial charge is 0.521 e. The predicted octanol–water partition coefficient (Wildman–Crippen LogP) is -0.0639. The molecule has 0 saturated carbocycles. The normalized spacial score (nSPS) is 13.7. The van der Waals surface area contributed by atoms with Gasteiger partial charge in [0, 0.05) is 0 Å². The Hall–Kier alpha value is -0.235. The minimum absolute atomic E-state index is 2.65. The Labute approximate surface area is 50.4 Å². The molecule has 0 amide bonds. The molecule has 3 nitrogen and oxygen atoms in total. The van der Waals surface area contributed by atoms with Crippen LogP contribution in [0.3, 0.4) is 0 Å². The maximum atomic E-state index is 11.0. The van der Waals surface area contributed by atoms with Crippen molar-refractivity contribution >= 4 is 18.2 Å². The molecule has 0 rings (SSSR count). The van der Waals surface area contributed by atoms with Crippen LogP contribution in [0, 0.1) is 0 Å². The number of halogens is 3. The van der Waals surface area contributed by atoms with Gasteiger partial charge in [0.25, 0.3) is 0 Å². The first-order valence-electron chi connectivity index (χ1n) is 1.51. The van der Waals surface area contributed by atoms with Crippen molar-refractivity contribution in [1.29, 1.82) is 0 Å². The van der Waals surface area contributed by atoms with Crippen LogP contribution in [0.2, 0.25) is 0 Å². The van der Waals surface area contributed by atoms with Gasteiger partial charge in [-0.05, 0) is 0 Å². The molecule has 0 aromatic carbocycles. The van der Waals surface area contributed by atoms with Gasteiger partial charge in [-0.3, -0.25) is 0 Å². The van der Waals surface area contributed by atoms with Crippen molar-refractivity contribution < 1.29 is 25.7 Å². The third-order valence-electron chi connectivity index (χ3n) is 0.410. The van der Waals surface area contributed by atoms with E-state index in [-0.39, 0.29) is 0 Å². The van der Waals surface area contributed by atoms with Gasteiger partial charge in [0.2, 0.25) is 0 Å². The van der Waals surface area contributed by atoms with Crippen molar-refractivity contribution in [3.8, 4) is 0 Å². The van der Waals surface area contributed by atoms with Crippen LogP contribution >= 0.6 is 0 Å². The number of hydrogen-bond donors (Lipinski definition) is 0. The maximum Gasteiger partial charge on any atom is 0.521 e. The summed E-state index contributed by atoms with van der Waals surface area (Å²) < 4.78 is 54.9. The Bertz CT molecular complexity index is 180. The molecule has 0 unspecified atom stereocenters. The molecular weight excluding hydrogens is 160 g/mol. The Morgan fingerprint density at radius 2 is 1.67 bits per heavy atom. The van der Waals surface area contributed by atoms with E-state index in [9.17, 15) is 21.6 Å². The van der Waals surface area contributed by atoms with Gasteiger partial charge in [-0.25, -0.2) is 0 Å². The third-order valence-corrected chi connectivity index (χ3v) is 1.23. The number of alkyl halides is 3. The van der Waals surface area contributed by atoms with Crippen molar-refractivity contribution in [3.05, 3.63) is 0 Å². The SMILES string of the molecule is [B]OS(=O)(=O)C(F)(F)F. The Morgan fingerprint density at radius 3 is 1.67 bits per heavy atom. The van der Waals surface area contributed by atoms with Crippen LogP contribution in [0.25, 0.3) is 0 Å². The van der Waals surface area contributed by atoms with Crippen molar-refractivity contribution in [3.63, 3.8) is 0 Å². The molecule has 9 heavy (non-hydrogen) atoms. The molecule has 0 aliphatic carbocycles. The Kier molecular flexibility index (Phi) is 2.12. The fraction of sp³-hybridized carbons (Fsp3) is 1.00. The van der Waals surface area contributed by atoms with Crippen molar-refractivity contribution in [2.24, 2.45) is 0 Å². The molecule has 0 aliphatic rings. The van der Waals surface area contributed by atoms with Crippen molar-refractivity contribution in [2.75, 3.05) is 0 Å². The predicted molar refractivity (Wildman–Crippen MR) is 21.8 cm³/mol. The topological polar surface area (TPSA) is 43.4 Å². The minimum Gasteiger partial charge on any atom is -0.340 e. The first kappa shape index (κ1) is 8.76. The highest BCUT2D eigenvalue weighted by Gasteiger charge is 2.45. The number of rotatable bonds is 1. The lowest BCUT2D eigenvalue weighted by Gasteiger charge is -2.03. The third kappa shape index (κ3) is 1.86. The van der Waals surface area contributed by atoms with E-state index < -0.39 is 15.6 Å². The van der Waals surface area contributed by atoms with E-state index in [1.807, 2.05) is 0 Å². The second kappa shape index (κ2) is 2.18. The highest BCUT2D eigenvalue weighted by molar-refractivity contribution is 7.88. The number of hydrogen-bond acceptors (Lipinski definition) is 3. The molecule has 52 valence electrons. The first-order chi connectivity index (χ1) is 3.81. The summed E-state index contributed by atoms with van der Waals surface area (Å²) in [6.45, 7) is 0. The fourth-order valence-corrected chi connectivity index (χ4v) is 0.164. The summed E-state index contributed by atoms with van der Waals surface area (Å²) in [6.07, 6.45) is 0. The molecular formula is CBF3O3S. The maximum absolute atomic E-state index is 11.0. The summed E-state index contributed by atoms with van der Waals surface area (Å²) in [6, 6.07) is 0. The molecule has 2 radical (unpaired) electrons. The fourth-order valence-electron chi connectivity index (χ4n) is 0.0546. The lowest BCUT2D eigenvalue weighted by molar-refractivity contribution is -0.0497. The Balaban J connectivity index is 4.57. The minimum atomic E-state index is -5.56. The summed E-state index contributed by atoms with van der Waals surface area (Å²) in [4.78, 5) is 0. The van der Waals surface area contributed by atoms with Crippen LogP contribution < -0.4 is 0 Å². The smallest absolute Gasteiger partial charge is 0.340 e. The van der Waals surface area contributed by atoms with E-state index in [0.717, 1.165) is 0 Å². The van der Waals surface area contributed by atoms with E-state index >= 15 is 0 Å². The average Bonchev–Trinajstić information content (AvgIpc) is 1.64. The van der Waals surface area contributed by atoms with Gasteiger partial charge in [-0.15, -0.1) is 0 Å². The van der Waals surface area contributed by atoms with Crippen LogP contribution in [0.15, 0.2) is 0 Å². The first-order valence-corrected chi connectivity index (χ1v) is 2.92. The zero-order chi connectivity index (χ0) is 7.71. The summed E-state index contributed by atoms with van der Waals surface area (Å²) in [5.74, 6) is 0. The van der Waals surface area contributed by atoms with Gasteiger partial charge in [0.05, 0.1) is 0 Å². The molecule has 0 heterocycles. The van der Waals surface area contributed by atoms with Crippen LogP contribution in [0.5, 0.6) is 0 Å². The van der Waals surface area contributed by atoms with Gasteiger partial charge in [0.1, 0.15) is 0 Å². The molecule has 0 aromatic heterocycles. The molecule has 0 aromatic rings. The highest BCUT2D eigenvalue weighted by Crippen LogP contribution is 2.23. The molecule has 0 aliphatic heterocycles. The summed E-state index contributed by atoms with van der Waals surface area (Å²) in [5.41, 5.74) is -5.43. The molecule has 0 saturated heterocycles. The van der Waals surface area contributed by atoms with Gasteiger partial charge < -0.3 is 4.10 Å². The van der Waals surface area contributed by atoms with Gasteiger partial charge in [0.15, 0.2) is 0 Å². The highest BCUT2D eigenvalue weighted by atomic mass is 32.2. The van der Waals surface area contributed by atoms with Crippen molar-refractivity contribution in [1.82, 2.24) is 0 Å². The molecule has 0 atom stereocenters. The lowest BCUT2D eigenvalue weighted by atomic mass is 10.6. The standard InChI is InChI=1S/CBF3O3S/c2-8-9(6,7)1(3,4)5. The van der Waals surface area contributed by atoms with Gasteiger partial charge in [-0.2, -0.15) is 21.6 Å². The summed E-state index contributed by atoms with van der Waals surface area (Å²) >= 11 is 0. The van der Waals surface area contributed by atoms with E-state index in [1.54, 1.807) is 0 Å². The van der Waals surface area contributed by atoms with Crippen LogP contribution in [0.4, 0.5) is 13.2 Å². The zero-order valence-corrected chi connectivity index (χ0v) is 4.66. The zero-order valence-electron chi connectivity index (χ0n) is 3.84. The molecule has 0 N–H and O–H groups in total. The second-order valence-corrected chi connectivity index (χ2v) is 2.56. The molecule has 0 bridgehead atoms. The van der Waals surface area contributed by atoms with Gasteiger partial charge >= 0.3 is 23.7 Å². The van der Waals surface area contributed by atoms with E-state index in [0.29, 0.717) is 0 Å². The summed E-state index contributed by atoms with van der Waals surface area (Å²) in [7, 11) is -1.77. The molecule has 8 heteroatoms. The molecule has 0 fully saturated rings. The van der Waals surface area contributed by atoms with E-state index in [4.69, 9.17) is 0 Å². The monoisotopic (exact) mass is 160 g/mol. The van der Waals surface area contributed by atoms with Crippen LogP contribution in [-0.2, 0) is 14.2 Å². The Morgan fingerprint density at radius 1 is 1.33 bits per heavy atom. The quantitative estimate of drug-likeness (QED) is 0.398. The van der Waals surface area contributed by atoms with E-state index in [1.165, 1.54) is 0 Å². The lowest BCUT2D eigenvalue weighted by Crippen LogP contribution is -2.24. The van der Waals surface area contributed by atoms with Crippen molar-refractivity contribution in [2.45, 2.75) is 5.51 Å².